The van der Waals surface area contributed by atoms with E-state index in [1.165, 1.54) is 12.5 Å². The second-order valence-corrected chi connectivity index (χ2v) is 9.54. The van der Waals surface area contributed by atoms with Gasteiger partial charge >= 0.3 is 5.97 Å². The number of nitrogens with one attached hydrogen (secondary N) is 1. The Balaban J connectivity index is 1.40. The van der Waals surface area contributed by atoms with Crippen LogP contribution in [0.15, 0.2) is 61.2 Å². The summed E-state index contributed by atoms with van der Waals surface area (Å²) in [5.74, 6) is -0.239. The van der Waals surface area contributed by atoms with Gasteiger partial charge in [0.25, 0.3) is 0 Å². The number of pyridine rings is 1. The average molecular weight is 496 g/mol. The fourth-order valence-electron chi connectivity index (χ4n) is 4.28. The molecule has 0 bridgehead atoms. The monoisotopic (exact) mass is 495 g/mol. The van der Waals surface area contributed by atoms with Gasteiger partial charge in [0.2, 0.25) is 5.91 Å². The number of nitrogens with zero attached hydrogens (tertiary/aromatic N) is 3. The molecule has 0 saturated heterocycles. The smallest absolute Gasteiger partial charge is 0.340 e. The molecule has 0 radical (unpaired) electrons. The first-order chi connectivity index (χ1) is 17.0. The summed E-state index contributed by atoms with van der Waals surface area (Å²) in [6.07, 6.45) is 9.52. The van der Waals surface area contributed by atoms with E-state index in [-0.39, 0.29) is 23.8 Å². The maximum atomic E-state index is 13.2. The summed E-state index contributed by atoms with van der Waals surface area (Å²) in [5.41, 5.74) is 1.56. The van der Waals surface area contributed by atoms with Crippen LogP contribution in [0.5, 0.6) is 0 Å². The molecule has 4 rings (SSSR count). The zero-order valence-electron chi connectivity index (χ0n) is 19.2. The molecular formula is C25H27N4O5S-. The van der Waals surface area contributed by atoms with Gasteiger partial charge in [0.05, 0.1) is 23.3 Å². The van der Waals surface area contributed by atoms with Crippen LogP contribution >= 0.6 is 0 Å². The molecule has 184 valence electrons. The van der Waals surface area contributed by atoms with Crippen LogP contribution in [0.25, 0.3) is 0 Å². The third kappa shape index (κ3) is 7.06. The molecule has 1 saturated carbocycles. The number of esters is 1. The summed E-state index contributed by atoms with van der Waals surface area (Å²) >= 11 is -2.26. The van der Waals surface area contributed by atoms with Crippen molar-refractivity contribution < 1.29 is 23.1 Å². The molecule has 0 spiro atoms. The van der Waals surface area contributed by atoms with Crippen LogP contribution in [0, 0.1) is 5.92 Å². The molecule has 1 N–H and O–H groups in total. The molecule has 2 aromatic heterocycles. The lowest BCUT2D eigenvalue weighted by molar-refractivity contribution is -0.119. The van der Waals surface area contributed by atoms with Crippen LogP contribution in [-0.4, -0.2) is 35.2 Å². The number of amides is 1. The molecule has 2 heterocycles. The molecule has 1 amide bonds. The standard InChI is InChI=1S/C25H28N4O5S/c30-24(22(12-18-6-4-5-7-18)29-14-21(27-17-29)16-35(32)33)28-23-11-10-20(13-26-23)25(31)34-15-19-8-2-1-3-9-19/h1-3,8-11,13-14,17-18,22H,4-7,12,15-16H2,(H,32,33)(H,26,28,30)/p-1/t22-/m0/s1. The van der Waals surface area contributed by atoms with Crippen molar-refractivity contribution in [3.05, 3.63) is 78.0 Å². The van der Waals surface area contributed by atoms with Gasteiger partial charge in [0.1, 0.15) is 18.5 Å². The Bertz CT molecular complexity index is 1160. The second-order valence-electron chi connectivity index (χ2n) is 8.65. The minimum atomic E-state index is -2.26. The van der Waals surface area contributed by atoms with E-state index in [1.54, 1.807) is 22.9 Å². The lowest BCUT2D eigenvalue weighted by atomic mass is 9.97. The lowest BCUT2D eigenvalue weighted by Crippen LogP contribution is -2.27. The lowest BCUT2D eigenvalue weighted by Gasteiger charge is -2.21. The molecule has 1 aliphatic rings. The number of benzene rings is 1. The zero-order valence-corrected chi connectivity index (χ0v) is 20.0. The molecule has 1 unspecified atom stereocenters. The van der Waals surface area contributed by atoms with E-state index in [0.717, 1.165) is 31.2 Å². The highest BCUT2D eigenvalue weighted by Crippen LogP contribution is 2.32. The summed E-state index contributed by atoms with van der Waals surface area (Å²) in [6, 6.07) is 11.9. The third-order valence-electron chi connectivity index (χ3n) is 6.08. The van der Waals surface area contributed by atoms with Crippen LogP contribution < -0.4 is 5.32 Å². The summed E-state index contributed by atoms with van der Waals surface area (Å²) in [7, 11) is 0. The van der Waals surface area contributed by atoms with Gasteiger partial charge in [0.15, 0.2) is 0 Å². The zero-order chi connectivity index (χ0) is 24.6. The SMILES string of the molecule is O=C(OCc1ccccc1)c1ccc(NC(=O)[C@H](CC2CCCC2)n2cnc(CS(=O)[O-])c2)nc1. The fourth-order valence-corrected chi connectivity index (χ4v) is 4.67. The highest BCUT2D eigenvalue weighted by Gasteiger charge is 2.27. The first-order valence-corrected chi connectivity index (χ1v) is 12.8. The molecule has 35 heavy (non-hydrogen) atoms. The van der Waals surface area contributed by atoms with Gasteiger partial charge in [-0.3, -0.25) is 9.00 Å². The van der Waals surface area contributed by atoms with E-state index in [0.29, 0.717) is 23.9 Å². The number of carbonyl (C=O) groups is 2. The molecular weight excluding hydrogens is 468 g/mol. The van der Waals surface area contributed by atoms with Crippen molar-refractivity contribution in [3.8, 4) is 0 Å². The highest BCUT2D eigenvalue weighted by molar-refractivity contribution is 7.78. The van der Waals surface area contributed by atoms with E-state index in [1.807, 2.05) is 30.3 Å². The first-order valence-electron chi connectivity index (χ1n) is 11.5. The van der Waals surface area contributed by atoms with Crippen molar-refractivity contribution in [2.24, 2.45) is 5.92 Å². The van der Waals surface area contributed by atoms with Crippen LogP contribution in [-0.2, 0) is 33.0 Å². The quantitative estimate of drug-likeness (QED) is 0.335. The molecule has 1 aliphatic carbocycles. The maximum absolute atomic E-state index is 13.2. The minimum Gasteiger partial charge on any atom is -0.772 e. The van der Waals surface area contributed by atoms with E-state index < -0.39 is 23.1 Å². The Morgan fingerprint density at radius 1 is 1.14 bits per heavy atom. The van der Waals surface area contributed by atoms with E-state index >= 15 is 0 Å². The Hall–Kier alpha value is -3.37. The number of hydrogen-bond donors (Lipinski definition) is 1. The molecule has 3 aromatic rings. The van der Waals surface area contributed by atoms with Crippen molar-refractivity contribution in [1.82, 2.24) is 14.5 Å². The Morgan fingerprint density at radius 2 is 1.91 bits per heavy atom. The molecule has 10 heteroatoms. The summed E-state index contributed by atoms with van der Waals surface area (Å²) < 4.78 is 29.0. The highest BCUT2D eigenvalue weighted by atomic mass is 32.2. The topological polar surface area (TPSA) is 126 Å². The number of carbonyl (C=O) groups excluding carboxylic acids is 2. The predicted molar refractivity (Wildman–Crippen MR) is 129 cm³/mol. The predicted octanol–water partition coefficient (Wildman–Crippen LogP) is 3.77. The van der Waals surface area contributed by atoms with Gasteiger partial charge in [-0.1, -0.05) is 56.0 Å². The van der Waals surface area contributed by atoms with Gasteiger partial charge < -0.3 is 19.2 Å². The largest absolute Gasteiger partial charge is 0.772 e. The molecule has 1 aromatic carbocycles. The Kier molecular flexibility index (Phi) is 8.38. The number of imidazole rings is 1. The number of rotatable bonds is 10. The molecule has 0 aliphatic heterocycles. The van der Waals surface area contributed by atoms with Gasteiger partial charge in [-0.2, -0.15) is 0 Å². The van der Waals surface area contributed by atoms with Crippen molar-refractivity contribution >= 4 is 28.8 Å². The van der Waals surface area contributed by atoms with Crippen molar-refractivity contribution in [1.29, 1.82) is 0 Å². The van der Waals surface area contributed by atoms with Gasteiger partial charge in [-0.15, -0.1) is 0 Å². The number of ether oxygens (including phenoxy) is 1. The summed E-state index contributed by atoms with van der Waals surface area (Å²) in [4.78, 5) is 33.9. The van der Waals surface area contributed by atoms with E-state index in [4.69, 9.17) is 4.74 Å². The average Bonchev–Trinajstić information content (AvgIpc) is 3.54. The number of hydrogen-bond acceptors (Lipinski definition) is 7. The normalized spacial score (nSPS) is 15.5. The molecule has 2 atom stereocenters. The number of aromatic nitrogens is 3. The maximum Gasteiger partial charge on any atom is 0.340 e. The molecule has 9 nitrogen and oxygen atoms in total. The number of anilines is 1. The Labute approximate surface area is 206 Å². The van der Waals surface area contributed by atoms with E-state index in [2.05, 4.69) is 15.3 Å². The Morgan fingerprint density at radius 3 is 2.60 bits per heavy atom. The summed E-state index contributed by atoms with van der Waals surface area (Å²) in [6.45, 7) is 0.161. The van der Waals surface area contributed by atoms with Gasteiger partial charge in [-0.25, -0.2) is 14.8 Å². The van der Waals surface area contributed by atoms with Crippen molar-refractivity contribution in [2.45, 2.75) is 50.5 Å². The van der Waals surface area contributed by atoms with Crippen LogP contribution in [0.4, 0.5) is 5.82 Å². The van der Waals surface area contributed by atoms with Crippen molar-refractivity contribution in [2.75, 3.05) is 5.32 Å². The van der Waals surface area contributed by atoms with Crippen molar-refractivity contribution in [3.63, 3.8) is 0 Å². The third-order valence-corrected chi connectivity index (χ3v) is 6.61. The molecule has 1 fully saturated rings. The van der Waals surface area contributed by atoms with E-state index in [9.17, 15) is 18.4 Å². The summed E-state index contributed by atoms with van der Waals surface area (Å²) in [5, 5.41) is 2.82. The fraction of sp³-hybridized carbons (Fsp3) is 0.360. The first kappa shape index (κ1) is 24.7. The second kappa shape index (κ2) is 11.9. The van der Waals surface area contributed by atoms with Crippen LogP contribution in [0.1, 0.15) is 59.8 Å². The van der Waals surface area contributed by atoms with Gasteiger partial charge in [0, 0.05) is 12.4 Å². The van der Waals surface area contributed by atoms with Crippen LogP contribution in [0.2, 0.25) is 0 Å². The minimum absolute atomic E-state index is 0.161. The van der Waals surface area contributed by atoms with Crippen LogP contribution in [0.3, 0.4) is 0 Å². The van der Waals surface area contributed by atoms with Gasteiger partial charge in [-0.05, 0) is 41.1 Å².